The van der Waals surface area contributed by atoms with E-state index in [4.69, 9.17) is 10.7 Å². The summed E-state index contributed by atoms with van der Waals surface area (Å²) in [5, 5.41) is 0. The Morgan fingerprint density at radius 2 is 1.58 bits per heavy atom. The lowest BCUT2D eigenvalue weighted by Crippen LogP contribution is -2.25. The first-order valence-electron chi connectivity index (χ1n) is 7.40. The van der Waals surface area contributed by atoms with Gasteiger partial charge in [0.25, 0.3) is 0 Å². The molecule has 1 unspecified atom stereocenters. The normalized spacial score (nSPS) is 18.2. The first-order chi connectivity index (χ1) is 11.3. The Labute approximate surface area is 144 Å². The summed E-state index contributed by atoms with van der Waals surface area (Å²) in [6, 6.07) is 13.5. The second kappa shape index (κ2) is 6.53. The van der Waals surface area contributed by atoms with Gasteiger partial charge in [0, 0.05) is 35.3 Å². The van der Waals surface area contributed by atoms with Crippen LogP contribution in [-0.4, -0.2) is 26.6 Å². The van der Waals surface area contributed by atoms with Crippen molar-refractivity contribution in [3.63, 3.8) is 0 Å². The number of hydrogen-bond donors (Lipinski definition) is 0. The highest BCUT2D eigenvalue weighted by Gasteiger charge is 2.33. The molecule has 24 heavy (non-hydrogen) atoms. The van der Waals surface area contributed by atoms with Crippen LogP contribution in [0.1, 0.15) is 6.42 Å². The maximum Gasteiger partial charge on any atom is 0.232 e. The van der Waals surface area contributed by atoms with Crippen molar-refractivity contribution in [2.24, 2.45) is 5.92 Å². The van der Waals surface area contributed by atoms with E-state index in [9.17, 15) is 17.6 Å². The molecule has 0 aromatic heterocycles. The topological polar surface area (TPSA) is 54.5 Å². The fraction of sp³-hybridized carbons (Fsp3) is 0.235. The number of hydrogen-bond acceptors (Lipinski definition) is 3. The molecule has 4 nitrogen and oxygen atoms in total. The molecule has 126 valence electrons. The molecule has 1 aliphatic heterocycles. The third-order valence-electron chi connectivity index (χ3n) is 4.00. The predicted molar refractivity (Wildman–Crippen MR) is 91.9 cm³/mol. The number of halogens is 2. The minimum atomic E-state index is -3.62. The van der Waals surface area contributed by atoms with Crippen molar-refractivity contribution in [2.45, 2.75) is 6.42 Å². The molecule has 0 radical (unpaired) electrons. The SMILES string of the molecule is O=C1CC(CS(=O)(=O)Cl)CN1c1ccc(-c2ccc(F)cc2)cc1. The quantitative estimate of drug-likeness (QED) is 0.778. The minimum absolute atomic E-state index is 0.116. The Hall–Kier alpha value is -1.92. The van der Waals surface area contributed by atoms with Gasteiger partial charge in [-0.05, 0) is 35.4 Å². The van der Waals surface area contributed by atoms with E-state index in [1.165, 1.54) is 12.1 Å². The Kier molecular flexibility index (Phi) is 4.60. The van der Waals surface area contributed by atoms with Gasteiger partial charge < -0.3 is 4.90 Å². The van der Waals surface area contributed by atoms with E-state index < -0.39 is 9.05 Å². The molecule has 1 fully saturated rings. The van der Waals surface area contributed by atoms with Crippen LogP contribution in [0, 0.1) is 11.7 Å². The summed E-state index contributed by atoms with van der Waals surface area (Å²) in [6.07, 6.45) is 0.172. The second-order valence-corrected chi connectivity index (χ2v) is 8.66. The zero-order chi connectivity index (χ0) is 17.3. The molecule has 3 rings (SSSR count). The number of nitrogens with zero attached hydrogens (tertiary/aromatic N) is 1. The number of benzene rings is 2. The van der Waals surface area contributed by atoms with E-state index in [1.54, 1.807) is 29.2 Å². The number of amides is 1. The fourth-order valence-corrected chi connectivity index (χ4v) is 4.22. The zero-order valence-corrected chi connectivity index (χ0v) is 14.2. The van der Waals surface area contributed by atoms with Crippen LogP contribution in [0.3, 0.4) is 0 Å². The summed E-state index contributed by atoms with van der Waals surface area (Å²) in [5.41, 5.74) is 2.49. The second-order valence-electron chi connectivity index (χ2n) is 5.83. The molecule has 1 saturated heterocycles. The molecule has 0 aliphatic carbocycles. The maximum absolute atomic E-state index is 13.0. The van der Waals surface area contributed by atoms with Gasteiger partial charge in [-0.25, -0.2) is 12.8 Å². The van der Waals surface area contributed by atoms with Crippen molar-refractivity contribution in [1.82, 2.24) is 0 Å². The molecule has 1 amide bonds. The molecule has 0 saturated carbocycles. The van der Waals surface area contributed by atoms with Crippen molar-refractivity contribution in [3.05, 3.63) is 54.3 Å². The Morgan fingerprint density at radius 1 is 1.04 bits per heavy atom. The van der Waals surface area contributed by atoms with Crippen molar-refractivity contribution in [1.29, 1.82) is 0 Å². The van der Waals surface area contributed by atoms with Gasteiger partial charge >= 0.3 is 0 Å². The molecule has 2 aromatic rings. The summed E-state index contributed by atoms with van der Waals surface area (Å²) >= 11 is 0. The van der Waals surface area contributed by atoms with Gasteiger partial charge in [0.05, 0.1) is 5.75 Å². The van der Waals surface area contributed by atoms with Gasteiger partial charge in [-0.2, -0.15) is 0 Å². The van der Waals surface area contributed by atoms with Crippen molar-refractivity contribution < 1.29 is 17.6 Å². The van der Waals surface area contributed by atoms with E-state index >= 15 is 0 Å². The van der Waals surface area contributed by atoms with Gasteiger partial charge in [-0.1, -0.05) is 24.3 Å². The lowest BCUT2D eigenvalue weighted by molar-refractivity contribution is -0.117. The highest BCUT2D eigenvalue weighted by atomic mass is 35.7. The van der Waals surface area contributed by atoms with Crippen molar-refractivity contribution in [2.75, 3.05) is 17.2 Å². The fourth-order valence-electron chi connectivity index (χ4n) is 2.90. The zero-order valence-electron chi connectivity index (χ0n) is 12.7. The molecule has 2 aromatic carbocycles. The summed E-state index contributed by atoms with van der Waals surface area (Å²) in [5.74, 6) is -0.908. The summed E-state index contributed by atoms with van der Waals surface area (Å²) < 4.78 is 35.3. The molecule has 1 aliphatic rings. The number of anilines is 1. The van der Waals surface area contributed by atoms with Crippen molar-refractivity contribution >= 4 is 31.3 Å². The largest absolute Gasteiger partial charge is 0.312 e. The highest BCUT2D eigenvalue weighted by molar-refractivity contribution is 8.13. The Morgan fingerprint density at radius 3 is 2.12 bits per heavy atom. The van der Waals surface area contributed by atoms with Gasteiger partial charge in [-0.3, -0.25) is 4.79 Å². The lowest BCUT2D eigenvalue weighted by atomic mass is 10.1. The molecular formula is C17H15ClFNO3S. The molecule has 0 spiro atoms. The summed E-state index contributed by atoms with van der Waals surface area (Å²) in [7, 11) is 1.65. The van der Waals surface area contributed by atoms with Crippen molar-refractivity contribution in [3.8, 4) is 11.1 Å². The van der Waals surface area contributed by atoms with Gasteiger partial charge in [0.1, 0.15) is 5.82 Å². The predicted octanol–water partition coefficient (Wildman–Crippen LogP) is 3.41. The third kappa shape index (κ3) is 3.94. The molecular weight excluding hydrogens is 353 g/mol. The molecule has 7 heteroatoms. The average Bonchev–Trinajstić information content (AvgIpc) is 2.86. The first kappa shape index (κ1) is 16.9. The lowest BCUT2D eigenvalue weighted by Gasteiger charge is -2.17. The van der Waals surface area contributed by atoms with Crippen LogP contribution < -0.4 is 4.90 Å². The van der Waals surface area contributed by atoms with Crippen LogP contribution in [-0.2, 0) is 13.8 Å². The Bertz CT molecular complexity index is 850. The minimum Gasteiger partial charge on any atom is -0.312 e. The van der Waals surface area contributed by atoms with E-state index in [-0.39, 0.29) is 29.8 Å². The summed E-state index contributed by atoms with van der Waals surface area (Å²) in [6.45, 7) is 0.334. The van der Waals surface area contributed by atoms with E-state index in [0.29, 0.717) is 12.2 Å². The molecule has 1 atom stereocenters. The monoisotopic (exact) mass is 367 g/mol. The smallest absolute Gasteiger partial charge is 0.232 e. The first-order valence-corrected chi connectivity index (χ1v) is 9.88. The Balaban J connectivity index is 1.76. The molecule has 0 N–H and O–H groups in total. The van der Waals surface area contributed by atoms with Gasteiger partial charge in [-0.15, -0.1) is 0 Å². The maximum atomic E-state index is 13.0. The summed E-state index contributed by atoms with van der Waals surface area (Å²) in [4.78, 5) is 13.7. The van der Waals surface area contributed by atoms with Crippen LogP contribution in [0.15, 0.2) is 48.5 Å². The van der Waals surface area contributed by atoms with Crippen LogP contribution in [0.25, 0.3) is 11.1 Å². The number of carbonyl (C=O) groups is 1. The van der Waals surface area contributed by atoms with Crippen LogP contribution >= 0.6 is 10.7 Å². The van der Waals surface area contributed by atoms with Crippen LogP contribution in [0.5, 0.6) is 0 Å². The molecule has 0 bridgehead atoms. The van der Waals surface area contributed by atoms with E-state index in [0.717, 1.165) is 11.1 Å². The van der Waals surface area contributed by atoms with E-state index in [2.05, 4.69) is 0 Å². The van der Waals surface area contributed by atoms with Crippen LogP contribution in [0.2, 0.25) is 0 Å². The van der Waals surface area contributed by atoms with Gasteiger partial charge in [0.15, 0.2) is 0 Å². The number of carbonyl (C=O) groups excluding carboxylic acids is 1. The average molecular weight is 368 g/mol. The van der Waals surface area contributed by atoms with Crippen LogP contribution in [0.4, 0.5) is 10.1 Å². The third-order valence-corrected chi connectivity index (χ3v) is 5.24. The highest BCUT2D eigenvalue weighted by Crippen LogP contribution is 2.29. The molecule has 1 heterocycles. The van der Waals surface area contributed by atoms with Gasteiger partial charge in [0.2, 0.25) is 15.0 Å². The van der Waals surface area contributed by atoms with E-state index in [1.807, 2.05) is 12.1 Å². The number of rotatable bonds is 4. The standard InChI is InChI=1S/C17H15ClFNO3S/c18-24(22,23)11-12-9-17(21)20(10-12)16-7-3-14(4-8-16)13-1-5-15(19)6-2-13/h1-8,12H,9-11H2.